The number of halogens is 1. The fraction of sp³-hybridized carbons (Fsp3) is 0.417. The van der Waals surface area contributed by atoms with E-state index in [1.165, 1.54) is 7.11 Å². The Balaban J connectivity index is 2.32. The Labute approximate surface area is 101 Å². The number of benzene rings is 1. The first-order valence-corrected chi connectivity index (χ1v) is 5.54. The number of carbonyl (C=O) groups is 1. The van der Waals surface area contributed by atoms with Crippen LogP contribution in [0.3, 0.4) is 0 Å². The molecule has 0 atom stereocenters. The highest BCUT2D eigenvalue weighted by molar-refractivity contribution is 6.31. The number of nitrogens with one attached hydrogen (secondary N) is 1. The first-order chi connectivity index (χ1) is 7.63. The smallest absolute Gasteiger partial charge is 0.306 e. The quantitative estimate of drug-likeness (QED) is 0.635. The second-order valence-corrected chi connectivity index (χ2v) is 3.99. The summed E-state index contributed by atoms with van der Waals surface area (Å²) in [5.74, 6) is -0.200. The van der Waals surface area contributed by atoms with Gasteiger partial charge < -0.3 is 10.1 Å². The molecule has 16 heavy (non-hydrogen) atoms. The lowest BCUT2D eigenvalue weighted by Crippen LogP contribution is -2.18. The topological polar surface area (TPSA) is 38.3 Å². The van der Waals surface area contributed by atoms with Gasteiger partial charge in [-0.05, 0) is 24.1 Å². The molecule has 0 amide bonds. The maximum absolute atomic E-state index is 10.8. The average Bonchev–Trinajstić information content (AvgIpc) is 2.28. The van der Waals surface area contributed by atoms with Crippen LogP contribution in [-0.2, 0) is 16.1 Å². The largest absolute Gasteiger partial charge is 0.469 e. The predicted molar refractivity (Wildman–Crippen MR) is 64.5 cm³/mol. The van der Waals surface area contributed by atoms with E-state index in [0.29, 0.717) is 19.5 Å². The number of hydrogen-bond donors (Lipinski definition) is 1. The maximum atomic E-state index is 10.8. The molecule has 0 unspecified atom stereocenters. The van der Waals surface area contributed by atoms with Crippen LogP contribution in [0.5, 0.6) is 0 Å². The van der Waals surface area contributed by atoms with Crippen molar-refractivity contribution in [3.8, 4) is 0 Å². The first-order valence-electron chi connectivity index (χ1n) is 5.16. The summed E-state index contributed by atoms with van der Waals surface area (Å²) in [4.78, 5) is 10.8. The molecular weight excluding hydrogens is 226 g/mol. The fourth-order valence-electron chi connectivity index (χ4n) is 1.27. The zero-order chi connectivity index (χ0) is 12.0. The molecule has 0 fully saturated rings. The van der Waals surface area contributed by atoms with Crippen LogP contribution in [0.1, 0.15) is 17.5 Å². The summed E-state index contributed by atoms with van der Waals surface area (Å²) in [7, 11) is 1.39. The second-order valence-electron chi connectivity index (χ2n) is 3.59. The molecule has 0 saturated carbocycles. The third kappa shape index (κ3) is 4.21. The summed E-state index contributed by atoms with van der Waals surface area (Å²) in [5, 5.41) is 3.92. The van der Waals surface area contributed by atoms with Crippen LogP contribution in [0.15, 0.2) is 18.2 Å². The highest BCUT2D eigenvalue weighted by Crippen LogP contribution is 2.16. The van der Waals surface area contributed by atoms with Crippen molar-refractivity contribution < 1.29 is 9.53 Å². The van der Waals surface area contributed by atoms with Gasteiger partial charge in [0.2, 0.25) is 0 Å². The monoisotopic (exact) mass is 241 g/mol. The lowest BCUT2D eigenvalue weighted by molar-refractivity contribution is -0.140. The van der Waals surface area contributed by atoms with Crippen LogP contribution >= 0.6 is 11.6 Å². The molecule has 0 spiro atoms. The van der Waals surface area contributed by atoms with Crippen molar-refractivity contribution in [2.75, 3.05) is 13.7 Å². The van der Waals surface area contributed by atoms with E-state index in [4.69, 9.17) is 11.6 Å². The molecule has 0 heterocycles. The number of ether oxygens (including phenoxy) is 1. The molecule has 1 aromatic carbocycles. The summed E-state index contributed by atoms with van der Waals surface area (Å²) in [6, 6.07) is 5.94. The minimum Gasteiger partial charge on any atom is -0.469 e. The number of methoxy groups -OCH3 is 1. The van der Waals surface area contributed by atoms with Crippen LogP contribution in [0, 0.1) is 6.92 Å². The van der Waals surface area contributed by atoms with Gasteiger partial charge in [-0.2, -0.15) is 0 Å². The Hall–Kier alpha value is -1.06. The van der Waals surface area contributed by atoms with Gasteiger partial charge in [-0.3, -0.25) is 4.79 Å². The Bertz CT molecular complexity index is 366. The zero-order valence-corrected chi connectivity index (χ0v) is 10.3. The van der Waals surface area contributed by atoms with Gasteiger partial charge >= 0.3 is 5.97 Å². The van der Waals surface area contributed by atoms with E-state index in [2.05, 4.69) is 10.1 Å². The molecule has 0 aromatic heterocycles. The summed E-state index contributed by atoms with van der Waals surface area (Å²) >= 11 is 6.00. The van der Waals surface area contributed by atoms with Crippen LogP contribution < -0.4 is 5.32 Å². The van der Waals surface area contributed by atoms with Gasteiger partial charge in [0.25, 0.3) is 0 Å². The average molecular weight is 242 g/mol. The molecule has 4 heteroatoms. The van der Waals surface area contributed by atoms with Crippen molar-refractivity contribution in [2.24, 2.45) is 0 Å². The van der Waals surface area contributed by atoms with Crippen molar-refractivity contribution in [3.05, 3.63) is 34.3 Å². The van der Waals surface area contributed by atoms with Crippen molar-refractivity contribution in [1.82, 2.24) is 5.32 Å². The normalized spacial score (nSPS) is 10.2. The van der Waals surface area contributed by atoms with Gasteiger partial charge in [0.1, 0.15) is 0 Å². The summed E-state index contributed by atoms with van der Waals surface area (Å²) in [5.41, 5.74) is 2.18. The third-order valence-corrected chi connectivity index (χ3v) is 2.71. The highest BCUT2D eigenvalue weighted by atomic mass is 35.5. The molecule has 1 rings (SSSR count). The number of hydrogen-bond acceptors (Lipinski definition) is 3. The van der Waals surface area contributed by atoms with Gasteiger partial charge in [0.15, 0.2) is 0 Å². The molecule has 1 aromatic rings. The molecule has 3 nitrogen and oxygen atoms in total. The number of aryl methyl sites for hydroxylation is 1. The highest BCUT2D eigenvalue weighted by Gasteiger charge is 2.00. The van der Waals surface area contributed by atoms with Gasteiger partial charge in [0.05, 0.1) is 13.5 Å². The summed E-state index contributed by atoms with van der Waals surface area (Å²) in [6.45, 7) is 3.28. The van der Waals surface area contributed by atoms with Crippen LogP contribution in [0.4, 0.5) is 0 Å². The predicted octanol–water partition coefficient (Wildman–Crippen LogP) is 2.30. The number of esters is 1. The van der Waals surface area contributed by atoms with Crippen molar-refractivity contribution in [1.29, 1.82) is 0 Å². The first kappa shape index (κ1) is 13.0. The Morgan fingerprint density at radius 3 is 2.88 bits per heavy atom. The Morgan fingerprint density at radius 2 is 2.25 bits per heavy atom. The zero-order valence-electron chi connectivity index (χ0n) is 9.55. The lowest BCUT2D eigenvalue weighted by atomic mass is 10.1. The van der Waals surface area contributed by atoms with E-state index < -0.39 is 0 Å². The van der Waals surface area contributed by atoms with Crippen LogP contribution in [0.25, 0.3) is 0 Å². The lowest BCUT2D eigenvalue weighted by Gasteiger charge is -2.05. The SMILES string of the molecule is COC(=O)CCNCc1ccc(C)c(Cl)c1. The third-order valence-electron chi connectivity index (χ3n) is 2.30. The summed E-state index contributed by atoms with van der Waals surface area (Å²) < 4.78 is 4.54. The Morgan fingerprint density at radius 1 is 1.50 bits per heavy atom. The van der Waals surface area contributed by atoms with Gasteiger partial charge in [0, 0.05) is 18.1 Å². The molecule has 0 bridgehead atoms. The van der Waals surface area contributed by atoms with Crippen molar-refractivity contribution in [3.63, 3.8) is 0 Å². The number of carbonyl (C=O) groups excluding carboxylic acids is 1. The minimum atomic E-state index is -0.200. The second kappa shape index (κ2) is 6.51. The maximum Gasteiger partial charge on any atom is 0.306 e. The van der Waals surface area contributed by atoms with Gasteiger partial charge in [-0.15, -0.1) is 0 Å². The van der Waals surface area contributed by atoms with Gasteiger partial charge in [-0.1, -0.05) is 23.7 Å². The van der Waals surface area contributed by atoms with E-state index in [-0.39, 0.29) is 5.97 Å². The Kier molecular flexibility index (Phi) is 5.29. The molecule has 88 valence electrons. The fourth-order valence-corrected chi connectivity index (χ4v) is 1.47. The molecular formula is C12H16ClNO2. The van der Waals surface area contributed by atoms with Crippen molar-refractivity contribution >= 4 is 17.6 Å². The molecule has 0 aliphatic heterocycles. The molecule has 0 aliphatic carbocycles. The molecule has 0 saturated heterocycles. The van der Waals surface area contributed by atoms with E-state index in [0.717, 1.165) is 16.1 Å². The van der Waals surface area contributed by atoms with Crippen molar-refractivity contribution in [2.45, 2.75) is 19.9 Å². The van der Waals surface area contributed by atoms with Gasteiger partial charge in [-0.25, -0.2) is 0 Å². The van der Waals surface area contributed by atoms with E-state index in [1.54, 1.807) is 0 Å². The van der Waals surface area contributed by atoms with E-state index in [1.807, 2.05) is 25.1 Å². The molecule has 0 aliphatic rings. The molecule has 0 radical (unpaired) electrons. The number of rotatable bonds is 5. The minimum absolute atomic E-state index is 0.200. The standard InChI is InChI=1S/C12H16ClNO2/c1-9-3-4-10(7-11(9)13)8-14-6-5-12(15)16-2/h3-4,7,14H,5-6,8H2,1-2H3. The summed E-state index contributed by atoms with van der Waals surface area (Å²) in [6.07, 6.45) is 0.385. The van der Waals surface area contributed by atoms with E-state index >= 15 is 0 Å². The van der Waals surface area contributed by atoms with Crippen LogP contribution in [0.2, 0.25) is 5.02 Å². The van der Waals surface area contributed by atoms with Crippen LogP contribution in [-0.4, -0.2) is 19.6 Å². The molecule has 1 N–H and O–H groups in total. The van der Waals surface area contributed by atoms with E-state index in [9.17, 15) is 4.79 Å².